The molecule has 0 spiro atoms. The van der Waals surface area contributed by atoms with E-state index in [1.807, 2.05) is 0 Å². The average molecular weight is 340 g/mol. The summed E-state index contributed by atoms with van der Waals surface area (Å²) in [6, 6.07) is 7.16. The Morgan fingerprint density at radius 3 is 2.40 bits per heavy atom. The third kappa shape index (κ3) is 6.41. The van der Waals surface area contributed by atoms with Crippen LogP contribution in [-0.2, 0) is 0 Å². The predicted molar refractivity (Wildman–Crippen MR) is 93.3 cm³/mol. The Morgan fingerprint density at radius 2 is 1.75 bits per heavy atom. The number of unbranched alkanes of at least 4 members (excludes halogenated alkanes) is 5. The molecule has 1 atom stereocenters. The number of aryl methyl sites for hydroxylation is 1. The van der Waals surface area contributed by atoms with Crippen LogP contribution in [0.15, 0.2) is 22.7 Å². The molecule has 0 saturated heterocycles. The molecule has 0 bridgehead atoms. The van der Waals surface area contributed by atoms with Crippen molar-refractivity contribution < 1.29 is 0 Å². The number of nitrogens with one attached hydrogen (secondary N) is 1. The Hall–Kier alpha value is -0.340. The minimum atomic E-state index is 0.513. The molecule has 0 aliphatic carbocycles. The third-order valence-electron chi connectivity index (χ3n) is 3.90. The van der Waals surface area contributed by atoms with E-state index in [9.17, 15) is 0 Å². The zero-order valence-corrected chi connectivity index (χ0v) is 14.9. The number of hydrogen-bond donors (Lipinski definition) is 1. The van der Waals surface area contributed by atoms with Crippen LogP contribution in [0.2, 0.25) is 0 Å². The van der Waals surface area contributed by atoms with Gasteiger partial charge in [-0.3, -0.25) is 0 Å². The molecule has 1 N–H and O–H groups in total. The summed E-state index contributed by atoms with van der Waals surface area (Å²) in [5, 5.41) is 3.65. The predicted octanol–water partition coefficient (Wildman–Crippen LogP) is 6.16. The Balaban J connectivity index is 2.47. The molecule has 1 nitrogen and oxygen atoms in total. The van der Waals surface area contributed by atoms with Crippen molar-refractivity contribution in [1.82, 2.24) is 5.32 Å². The maximum atomic E-state index is 3.65. The van der Waals surface area contributed by atoms with Crippen LogP contribution in [0.5, 0.6) is 0 Å². The van der Waals surface area contributed by atoms with Gasteiger partial charge in [0.2, 0.25) is 0 Å². The van der Waals surface area contributed by atoms with E-state index < -0.39 is 0 Å². The highest BCUT2D eigenvalue weighted by molar-refractivity contribution is 9.10. The fourth-order valence-electron chi connectivity index (χ4n) is 2.77. The van der Waals surface area contributed by atoms with Crippen LogP contribution in [0, 0.1) is 6.92 Å². The highest BCUT2D eigenvalue weighted by atomic mass is 79.9. The van der Waals surface area contributed by atoms with Gasteiger partial charge in [-0.05, 0) is 43.1 Å². The molecule has 20 heavy (non-hydrogen) atoms. The Bertz CT molecular complexity index is 376. The average Bonchev–Trinajstić information content (AvgIpc) is 2.42. The van der Waals surface area contributed by atoms with Crippen molar-refractivity contribution in [2.45, 2.75) is 71.8 Å². The summed E-state index contributed by atoms with van der Waals surface area (Å²) in [6.45, 7) is 7.72. The van der Waals surface area contributed by atoms with Gasteiger partial charge in [-0.1, -0.05) is 74.4 Å². The van der Waals surface area contributed by atoms with E-state index in [1.54, 1.807) is 0 Å². The molecule has 1 aromatic rings. The van der Waals surface area contributed by atoms with Gasteiger partial charge in [0.25, 0.3) is 0 Å². The minimum Gasteiger partial charge on any atom is -0.310 e. The second kappa shape index (κ2) is 10.4. The maximum Gasteiger partial charge on any atom is 0.0322 e. The molecule has 0 aliphatic heterocycles. The molecule has 0 fully saturated rings. The fraction of sp³-hybridized carbons (Fsp3) is 0.667. The van der Waals surface area contributed by atoms with Crippen LogP contribution in [0.1, 0.15) is 76.0 Å². The van der Waals surface area contributed by atoms with Crippen molar-refractivity contribution in [3.8, 4) is 0 Å². The number of hydrogen-bond acceptors (Lipinski definition) is 1. The normalized spacial score (nSPS) is 12.6. The van der Waals surface area contributed by atoms with E-state index in [-0.39, 0.29) is 0 Å². The van der Waals surface area contributed by atoms with Gasteiger partial charge in [-0.15, -0.1) is 0 Å². The molecule has 0 amide bonds. The van der Waals surface area contributed by atoms with Gasteiger partial charge in [-0.2, -0.15) is 0 Å². The van der Waals surface area contributed by atoms with Gasteiger partial charge >= 0.3 is 0 Å². The SMILES string of the molecule is CCCCCCCCC(NCC)c1ccc(Br)cc1C. The minimum absolute atomic E-state index is 0.513. The van der Waals surface area contributed by atoms with Gasteiger partial charge < -0.3 is 5.32 Å². The first-order chi connectivity index (χ1) is 9.69. The summed E-state index contributed by atoms with van der Waals surface area (Å²) in [7, 11) is 0. The van der Waals surface area contributed by atoms with Gasteiger partial charge in [0.15, 0.2) is 0 Å². The molecule has 0 radical (unpaired) electrons. The van der Waals surface area contributed by atoms with Crippen molar-refractivity contribution in [3.05, 3.63) is 33.8 Å². The highest BCUT2D eigenvalue weighted by Crippen LogP contribution is 2.25. The lowest BCUT2D eigenvalue weighted by molar-refractivity contribution is 0.475. The van der Waals surface area contributed by atoms with E-state index in [0.29, 0.717) is 6.04 Å². The number of rotatable bonds is 10. The van der Waals surface area contributed by atoms with Crippen LogP contribution in [0.3, 0.4) is 0 Å². The molecule has 1 unspecified atom stereocenters. The van der Waals surface area contributed by atoms with Crippen molar-refractivity contribution in [3.63, 3.8) is 0 Å². The second-order valence-electron chi connectivity index (χ2n) is 5.67. The zero-order chi connectivity index (χ0) is 14.8. The number of halogens is 1. The smallest absolute Gasteiger partial charge is 0.0322 e. The summed E-state index contributed by atoms with van der Waals surface area (Å²) < 4.78 is 1.17. The van der Waals surface area contributed by atoms with Crippen LogP contribution in [0.25, 0.3) is 0 Å². The monoisotopic (exact) mass is 339 g/mol. The lowest BCUT2D eigenvalue weighted by Crippen LogP contribution is -2.21. The van der Waals surface area contributed by atoms with E-state index in [2.05, 4.69) is 60.2 Å². The van der Waals surface area contributed by atoms with Gasteiger partial charge in [-0.25, -0.2) is 0 Å². The Labute approximate surface area is 133 Å². The fourth-order valence-corrected chi connectivity index (χ4v) is 3.25. The van der Waals surface area contributed by atoms with Crippen LogP contribution >= 0.6 is 15.9 Å². The maximum absolute atomic E-state index is 3.65. The van der Waals surface area contributed by atoms with Gasteiger partial charge in [0.1, 0.15) is 0 Å². The Kier molecular flexibility index (Phi) is 9.21. The van der Waals surface area contributed by atoms with Crippen molar-refractivity contribution in [2.24, 2.45) is 0 Å². The molecule has 1 rings (SSSR count). The van der Waals surface area contributed by atoms with Crippen molar-refractivity contribution in [1.29, 1.82) is 0 Å². The van der Waals surface area contributed by atoms with E-state index in [4.69, 9.17) is 0 Å². The molecular formula is C18H30BrN. The van der Waals surface area contributed by atoms with E-state index >= 15 is 0 Å². The first-order valence-corrected chi connectivity index (χ1v) is 8.97. The second-order valence-corrected chi connectivity index (χ2v) is 6.58. The molecule has 0 heterocycles. The zero-order valence-electron chi connectivity index (χ0n) is 13.3. The summed E-state index contributed by atoms with van der Waals surface area (Å²) in [5.41, 5.74) is 2.85. The Morgan fingerprint density at radius 1 is 1.05 bits per heavy atom. The first kappa shape index (κ1) is 17.7. The summed E-state index contributed by atoms with van der Waals surface area (Å²) in [6.07, 6.45) is 9.48. The first-order valence-electron chi connectivity index (χ1n) is 8.18. The van der Waals surface area contributed by atoms with Crippen LogP contribution in [0.4, 0.5) is 0 Å². The van der Waals surface area contributed by atoms with Gasteiger partial charge in [0.05, 0.1) is 0 Å². The molecule has 0 aromatic heterocycles. The van der Waals surface area contributed by atoms with Crippen LogP contribution < -0.4 is 5.32 Å². The lowest BCUT2D eigenvalue weighted by atomic mass is 9.96. The molecule has 0 aliphatic rings. The molecule has 2 heteroatoms. The largest absolute Gasteiger partial charge is 0.310 e. The van der Waals surface area contributed by atoms with Crippen molar-refractivity contribution >= 4 is 15.9 Å². The summed E-state index contributed by atoms with van der Waals surface area (Å²) in [5.74, 6) is 0. The summed E-state index contributed by atoms with van der Waals surface area (Å²) >= 11 is 3.55. The standard InChI is InChI=1S/C18H30BrN/c1-4-6-7-8-9-10-11-18(20-5-2)17-13-12-16(19)14-15(17)3/h12-14,18,20H,4-11H2,1-3H3. The third-order valence-corrected chi connectivity index (χ3v) is 4.40. The summed E-state index contributed by atoms with van der Waals surface area (Å²) in [4.78, 5) is 0. The topological polar surface area (TPSA) is 12.0 Å². The molecular weight excluding hydrogens is 310 g/mol. The van der Waals surface area contributed by atoms with Gasteiger partial charge in [0, 0.05) is 10.5 Å². The molecule has 1 aromatic carbocycles. The molecule has 114 valence electrons. The lowest BCUT2D eigenvalue weighted by Gasteiger charge is -2.20. The highest BCUT2D eigenvalue weighted by Gasteiger charge is 2.12. The molecule has 0 saturated carbocycles. The number of benzene rings is 1. The quantitative estimate of drug-likeness (QED) is 0.503. The van der Waals surface area contributed by atoms with E-state index in [0.717, 1.165) is 6.54 Å². The van der Waals surface area contributed by atoms with Crippen LogP contribution in [-0.4, -0.2) is 6.54 Å². The van der Waals surface area contributed by atoms with E-state index in [1.165, 1.54) is 60.5 Å². The van der Waals surface area contributed by atoms with Crippen molar-refractivity contribution in [2.75, 3.05) is 6.54 Å².